The van der Waals surface area contributed by atoms with E-state index in [1.54, 1.807) is 18.2 Å². The predicted octanol–water partition coefficient (Wildman–Crippen LogP) is 4.81. The third-order valence-electron chi connectivity index (χ3n) is 3.97. The zero-order valence-electron chi connectivity index (χ0n) is 16.7. The van der Waals surface area contributed by atoms with Gasteiger partial charge in [0, 0.05) is 22.3 Å². The van der Waals surface area contributed by atoms with Gasteiger partial charge in [0.05, 0.1) is 0 Å². The van der Waals surface area contributed by atoms with Gasteiger partial charge >= 0.3 is 6.03 Å². The van der Waals surface area contributed by atoms with Crippen LogP contribution in [0.25, 0.3) is 0 Å². The summed E-state index contributed by atoms with van der Waals surface area (Å²) in [6.45, 7) is 9.59. The standard InChI is InChI=1S/C22H29N3O2/c1-21(2,3)25-20(27)24-18-13-9-12-17(14-18)23-19(26)22(4,5)15-16-10-7-6-8-11-16/h6-14H,15H2,1-5H3,(H,23,26)(H2,24,25,27). The van der Waals surface area contributed by atoms with Crippen LogP contribution in [0.1, 0.15) is 40.2 Å². The zero-order valence-corrected chi connectivity index (χ0v) is 16.7. The first-order valence-corrected chi connectivity index (χ1v) is 9.10. The lowest BCUT2D eigenvalue weighted by molar-refractivity contribution is -0.123. The number of hydrogen-bond donors (Lipinski definition) is 3. The van der Waals surface area contributed by atoms with Crippen molar-refractivity contribution in [2.45, 2.75) is 46.6 Å². The van der Waals surface area contributed by atoms with Crippen LogP contribution in [0.4, 0.5) is 16.2 Å². The molecule has 0 aliphatic heterocycles. The first kappa shape index (κ1) is 20.5. The van der Waals surface area contributed by atoms with E-state index in [0.717, 1.165) is 5.56 Å². The van der Waals surface area contributed by atoms with E-state index in [4.69, 9.17) is 0 Å². The largest absolute Gasteiger partial charge is 0.333 e. The number of hydrogen-bond acceptors (Lipinski definition) is 2. The van der Waals surface area contributed by atoms with Gasteiger partial charge in [-0.25, -0.2) is 4.79 Å². The Balaban J connectivity index is 2.02. The summed E-state index contributed by atoms with van der Waals surface area (Å²) in [6.07, 6.45) is 0.644. The Morgan fingerprint density at radius 3 is 2.00 bits per heavy atom. The Hall–Kier alpha value is -2.82. The normalized spacial score (nSPS) is 11.6. The quantitative estimate of drug-likeness (QED) is 0.709. The fraction of sp³-hybridized carbons (Fsp3) is 0.364. The van der Waals surface area contributed by atoms with Gasteiger partial charge in [-0.1, -0.05) is 50.2 Å². The van der Waals surface area contributed by atoms with E-state index in [1.165, 1.54) is 0 Å². The third-order valence-corrected chi connectivity index (χ3v) is 3.97. The first-order valence-electron chi connectivity index (χ1n) is 9.10. The molecule has 0 atom stereocenters. The molecule has 0 aliphatic carbocycles. The Labute approximate surface area is 161 Å². The van der Waals surface area contributed by atoms with Crippen molar-refractivity contribution in [3.63, 3.8) is 0 Å². The summed E-state index contributed by atoms with van der Waals surface area (Å²) in [5, 5.41) is 8.59. The van der Waals surface area contributed by atoms with Crippen molar-refractivity contribution in [1.82, 2.24) is 5.32 Å². The fourth-order valence-electron chi connectivity index (χ4n) is 2.66. The molecule has 144 valence electrons. The van der Waals surface area contributed by atoms with E-state index in [1.807, 2.05) is 71.0 Å². The summed E-state index contributed by atoms with van der Waals surface area (Å²) in [4.78, 5) is 24.8. The van der Waals surface area contributed by atoms with Gasteiger partial charge in [0.1, 0.15) is 0 Å². The van der Waals surface area contributed by atoms with Crippen LogP contribution in [-0.4, -0.2) is 17.5 Å². The van der Waals surface area contributed by atoms with Crippen molar-refractivity contribution < 1.29 is 9.59 Å². The van der Waals surface area contributed by atoms with Gasteiger partial charge in [0.15, 0.2) is 0 Å². The second kappa shape index (κ2) is 8.25. The van der Waals surface area contributed by atoms with Gasteiger partial charge in [0.25, 0.3) is 0 Å². The van der Waals surface area contributed by atoms with Crippen LogP contribution in [0, 0.1) is 5.41 Å². The molecule has 3 amide bonds. The molecule has 3 N–H and O–H groups in total. The number of benzene rings is 2. The Morgan fingerprint density at radius 1 is 0.815 bits per heavy atom. The molecule has 0 unspecified atom stereocenters. The van der Waals surface area contributed by atoms with Gasteiger partial charge in [-0.15, -0.1) is 0 Å². The van der Waals surface area contributed by atoms with Crippen molar-refractivity contribution in [1.29, 1.82) is 0 Å². The molecule has 2 aromatic carbocycles. The monoisotopic (exact) mass is 367 g/mol. The molecule has 0 radical (unpaired) electrons. The Kier molecular flexibility index (Phi) is 6.26. The van der Waals surface area contributed by atoms with Gasteiger partial charge in [-0.05, 0) is 51.0 Å². The number of nitrogens with one attached hydrogen (secondary N) is 3. The molecular weight excluding hydrogens is 338 g/mol. The Morgan fingerprint density at radius 2 is 1.41 bits per heavy atom. The molecule has 0 spiro atoms. The second-order valence-corrected chi connectivity index (χ2v) is 8.41. The lowest BCUT2D eigenvalue weighted by atomic mass is 9.84. The molecular formula is C22H29N3O2. The minimum atomic E-state index is -0.561. The second-order valence-electron chi connectivity index (χ2n) is 8.41. The number of amides is 3. The number of rotatable bonds is 5. The summed E-state index contributed by atoms with van der Waals surface area (Å²) < 4.78 is 0. The smallest absolute Gasteiger partial charge is 0.319 e. The highest BCUT2D eigenvalue weighted by Crippen LogP contribution is 2.25. The summed E-state index contributed by atoms with van der Waals surface area (Å²) >= 11 is 0. The maximum absolute atomic E-state index is 12.7. The summed E-state index contributed by atoms with van der Waals surface area (Å²) in [7, 11) is 0. The summed E-state index contributed by atoms with van der Waals surface area (Å²) in [5.74, 6) is -0.0670. The van der Waals surface area contributed by atoms with E-state index in [-0.39, 0.29) is 17.5 Å². The van der Waals surface area contributed by atoms with E-state index < -0.39 is 5.41 Å². The molecule has 0 fully saturated rings. The number of anilines is 2. The summed E-state index contributed by atoms with van der Waals surface area (Å²) in [6, 6.07) is 16.8. The maximum atomic E-state index is 12.7. The Bertz CT molecular complexity index is 793. The van der Waals surface area contributed by atoms with E-state index in [0.29, 0.717) is 17.8 Å². The predicted molar refractivity (Wildman–Crippen MR) is 111 cm³/mol. The summed E-state index contributed by atoms with van der Waals surface area (Å²) in [5.41, 5.74) is 1.50. The highest BCUT2D eigenvalue weighted by Gasteiger charge is 2.28. The van der Waals surface area contributed by atoms with E-state index >= 15 is 0 Å². The highest BCUT2D eigenvalue weighted by molar-refractivity contribution is 5.96. The SMILES string of the molecule is CC(C)(C)NC(=O)Nc1cccc(NC(=O)C(C)(C)Cc2ccccc2)c1. The fourth-order valence-corrected chi connectivity index (χ4v) is 2.66. The highest BCUT2D eigenvalue weighted by atomic mass is 16.2. The molecule has 0 saturated heterocycles. The average molecular weight is 367 g/mol. The van der Waals surface area contributed by atoms with Gasteiger partial charge in [-0.2, -0.15) is 0 Å². The van der Waals surface area contributed by atoms with Crippen molar-refractivity contribution in [3.05, 3.63) is 60.2 Å². The molecule has 0 saturated carbocycles. The molecule has 0 bridgehead atoms. The van der Waals surface area contributed by atoms with Crippen LogP contribution in [0.2, 0.25) is 0 Å². The number of urea groups is 1. The average Bonchev–Trinajstić information content (AvgIpc) is 2.53. The minimum Gasteiger partial charge on any atom is -0.333 e. The van der Waals surface area contributed by atoms with Crippen LogP contribution in [0.5, 0.6) is 0 Å². The van der Waals surface area contributed by atoms with Crippen LogP contribution in [0.3, 0.4) is 0 Å². The molecule has 2 aromatic rings. The van der Waals surface area contributed by atoms with Crippen molar-refractivity contribution in [2.75, 3.05) is 10.6 Å². The zero-order chi connectivity index (χ0) is 20.1. The van der Waals surface area contributed by atoms with Crippen LogP contribution in [0.15, 0.2) is 54.6 Å². The van der Waals surface area contributed by atoms with Crippen LogP contribution in [-0.2, 0) is 11.2 Å². The topological polar surface area (TPSA) is 70.2 Å². The lowest BCUT2D eigenvalue weighted by Gasteiger charge is -2.24. The molecule has 27 heavy (non-hydrogen) atoms. The number of carbonyl (C=O) groups is 2. The van der Waals surface area contributed by atoms with Gasteiger partial charge < -0.3 is 16.0 Å². The lowest BCUT2D eigenvalue weighted by Crippen LogP contribution is -2.43. The number of carbonyl (C=O) groups excluding carboxylic acids is 2. The molecule has 5 heteroatoms. The molecule has 5 nitrogen and oxygen atoms in total. The van der Waals surface area contributed by atoms with Crippen LogP contribution >= 0.6 is 0 Å². The molecule has 0 heterocycles. The third kappa shape index (κ3) is 6.77. The van der Waals surface area contributed by atoms with Gasteiger partial charge in [0.2, 0.25) is 5.91 Å². The van der Waals surface area contributed by atoms with Crippen molar-refractivity contribution >= 4 is 23.3 Å². The molecule has 0 aliphatic rings. The van der Waals surface area contributed by atoms with E-state index in [2.05, 4.69) is 16.0 Å². The van der Waals surface area contributed by atoms with Crippen molar-refractivity contribution in [3.8, 4) is 0 Å². The van der Waals surface area contributed by atoms with E-state index in [9.17, 15) is 9.59 Å². The molecule has 0 aromatic heterocycles. The minimum absolute atomic E-state index is 0.0670. The molecule has 2 rings (SSSR count). The van der Waals surface area contributed by atoms with Crippen molar-refractivity contribution in [2.24, 2.45) is 5.41 Å². The maximum Gasteiger partial charge on any atom is 0.319 e. The van der Waals surface area contributed by atoms with Gasteiger partial charge in [-0.3, -0.25) is 4.79 Å². The van der Waals surface area contributed by atoms with Crippen LogP contribution < -0.4 is 16.0 Å². The first-order chi connectivity index (χ1) is 12.5.